The van der Waals surface area contributed by atoms with Crippen LogP contribution in [0, 0.1) is 0 Å². The molecule has 0 bridgehead atoms. The number of ether oxygens (including phenoxy) is 1. The number of phenolic OH excluding ortho intramolecular Hbond substituents is 1. The van der Waals surface area contributed by atoms with Gasteiger partial charge in [-0.05, 0) is 25.1 Å². The number of hydrogen-bond acceptors (Lipinski definition) is 4. The number of carboxylic acid groups (broad SMARTS) is 2. The minimum Gasteiger partial charge on any atom is -0.504 e. The van der Waals surface area contributed by atoms with E-state index in [0.717, 1.165) is 0 Å². The van der Waals surface area contributed by atoms with Gasteiger partial charge in [0.1, 0.15) is 0 Å². The summed E-state index contributed by atoms with van der Waals surface area (Å²) in [5, 5.41) is 25.5. The number of methoxy groups -OCH3 is 1. The monoisotopic (exact) mass is 254 g/mol. The van der Waals surface area contributed by atoms with Crippen LogP contribution < -0.4 is 4.74 Å². The number of rotatable bonds is 3. The fourth-order valence-electron chi connectivity index (χ4n) is 0.811. The van der Waals surface area contributed by atoms with E-state index in [1.807, 2.05) is 0 Å². The molecular formula is C12H14O6. The molecule has 6 heteroatoms. The highest BCUT2D eigenvalue weighted by molar-refractivity contribution is 5.88. The second kappa shape index (κ2) is 6.95. The summed E-state index contributed by atoms with van der Waals surface area (Å²) >= 11 is 0. The third-order valence-corrected chi connectivity index (χ3v) is 1.79. The molecule has 0 aliphatic heterocycles. The van der Waals surface area contributed by atoms with E-state index < -0.39 is 11.9 Å². The Morgan fingerprint density at radius 2 is 1.78 bits per heavy atom. The Labute approximate surface area is 104 Å². The van der Waals surface area contributed by atoms with Crippen molar-refractivity contribution < 1.29 is 29.6 Å². The van der Waals surface area contributed by atoms with Crippen molar-refractivity contribution in [3.63, 3.8) is 0 Å². The van der Waals surface area contributed by atoms with Crippen molar-refractivity contribution >= 4 is 11.9 Å². The number of aromatic carboxylic acids is 1. The van der Waals surface area contributed by atoms with Gasteiger partial charge in [0.2, 0.25) is 0 Å². The highest BCUT2D eigenvalue weighted by Gasteiger charge is 2.06. The SMILES string of the molecule is C=C(C)C(=O)O.COc1cc(C(=O)O)ccc1O. The van der Waals surface area contributed by atoms with Crippen LogP contribution in [0.15, 0.2) is 30.4 Å². The molecule has 98 valence electrons. The summed E-state index contributed by atoms with van der Waals surface area (Å²) in [5.74, 6) is -1.89. The average Bonchev–Trinajstić information content (AvgIpc) is 2.30. The van der Waals surface area contributed by atoms with Crippen LogP contribution in [-0.2, 0) is 4.79 Å². The van der Waals surface area contributed by atoms with E-state index in [-0.39, 0.29) is 22.6 Å². The lowest BCUT2D eigenvalue weighted by molar-refractivity contribution is -0.132. The molecule has 0 heterocycles. The number of carbonyl (C=O) groups is 2. The summed E-state index contributed by atoms with van der Waals surface area (Å²) in [6.07, 6.45) is 0. The van der Waals surface area contributed by atoms with Gasteiger partial charge in [0.15, 0.2) is 11.5 Å². The molecule has 3 N–H and O–H groups in total. The van der Waals surface area contributed by atoms with Crippen molar-refractivity contribution in [3.05, 3.63) is 35.9 Å². The number of benzene rings is 1. The Balaban J connectivity index is 0.000000411. The Hall–Kier alpha value is -2.50. The standard InChI is InChI=1S/C8H8O4.C4H6O2/c1-12-7-4-5(8(10)11)2-3-6(7)9;1-3(2)4(5)6/h2-4,9H,1H3,(H,10,11);1H2,2H3,(H,5,6). The van der Waals surface area contributed by atoms with Crippen LogP contribution in [-0.4, -0.2) is 34.4 Å². The van der Waals surface area contributed by atoms with E-state index in [9.17, 15) is 9.59 Å². The topological polar surface area (TPSA) is 104 Å². The molecule has 0 fully saturated rings. The zero-order valence-corrected chi connectivity index (χ0v) is 10.0. The fourth-order valence-corrected chi connectivity index (χ4v) is 0.811. The van der Waals surface area contributed by atoms with Gasteiger partial charge in [0.25, 0.3) is 0 Å². The predicted molar refractivity (Wildman–Crippen MR) is 64.1 cm³/mol. The van der Waals surface area contributed by atoms with E-state index in [4.69, 9.17) is 20.1 Å². The Morgan fingerprint density at radius 3 is 2.11 bits per heavy atom. The van der Waals surface area contributed by atoms with Gasteiger partial charge < -0.3 is 20.1 Å². The van der Waals surface area contributed by atoms with Crippen molar-refractivity contribution in [2.75, 3.05) is 7.11 Å². The minimum atomic E-state index is -1.05. The first-order valence-electron chi connectivity index (χ1n) is 4.78. The molecule has 1 aromatic rings. The third kappa shape index (κ3) is 5.02. The number of aliphatic carboxylic acids is 1. The van der Waals surface area contributed by atoms with E-state index in [2.05, 4.69) is 6.58 Å². The van der Waals surface area contributed by atoms with Gasteiger partial charge in [0, 0.05) is 5.57 Å². The van der Waals surface area contributed by atoms with Crippen LogP contribution >= 0.6 is 0 Å². The Morgan fingerprint density at radius 1 is 1.28 bits per heavy atom. The van der Waals surface area contributed by atoms with Crippen molar-refractivity contribution in [2.45, 2.75) is 6.92 Å². The third-order valence-electron chi connectivity index (χ3n) is 1.79. The lowest BCUT2D eigenvalue weighted by Gasteiger charge is -2.02. The molecule has 0 aromatic heterocycles. The smallest absolute Gasteiger partial charge is 0.335 e. The van der Waals surface area contributed by atoms with Gasteiger partial charge in [-0.3, -0.25) is 0 Å². The molecule has 1 aromatic carbocycles. The van der Waals surface area contributed by atoms with Crippen LogP contribution in [0.5, 0.6) is 11.5 Å². The summed E-state index contributed by atoms with van der Waals surface area (Å²) in [4.78, 5) is 20.0. The van der Waals surface area contributed by atoms with Crippen molar-refractivity contribution in [2.24, 2.45) is 0 Å². The van der Waals surface area contributed by atoms with Crippen LogP contribution in [0.4, 0.5) is 0 Å². The van der Waals surface area contributed by atoms with Crippen LogP contribution in [0.25, 0.3) is 0 Å². The molecule has 6 nitrogen and oxygen atoms in total. The Bertz CT molecular complexity index is 452. The normalized spacial score (nSPS) is 8.78. The summed E-state index contributed by atoms with van der Waals surface area (Å²) in [6, 6.07) is 3.85. The second-order valence-electron chi connectivity index (χ2n) is 3.28. The molecule has 0 aliphatic carbocycles. The van der Waals surface area contributed by atoms with Gasteiger partial charge >= 0.3 is 11.9 Å². The molecule has 0 saturated heterocycles. The summed E-state index contributed by atoms with van der Waals surface area (Å²) in [6.45, 7) is 4.60. The molecule has 18 heavy (non-hydrogen) atoms. The molecule has 0 spiro atoms. The van der Waals surface area contributed by atoms with Crippen molar-refractivity contribution in [1.29, 1.82) is 0 Å². The van der Waals surface area contributed by atoms with Gasteiger partial charge in [-0.2, -0.15) is 0 Å². The van der Waals surface area contributed by atoms with Crippen molar-refractivity contribution in [1.82, 2.24) is 0 Å². The summed E-state index contributed by atoms with van der Waals surface area (Å²) < 4.78 is 4.72. The van der Waals surface area contributed by atoms with E-state index in [1.54, 1.807) is 0 Å². The van der Waals surface area contributed by atoms with Crippen molar-refractivity contribution in [3.8, 4) is 11.5 Å². The lowest BCUT2D eigenvalue weighted by Crippen LogP contribution is -1.96. The maximum absolute atomic E-state index is 10.4. The van der Waals surface area contributed by atoms with Crippen LogP contribution in [0.2, 0.25) is 0 Å². The van der Waals surface area contributed by atoms with Gasteiger partial charge in [0.05, 0.1) is 12.7 Å². The van der Waals surface area contributed by atoms with E-state index >= 15 is 0 Å². The lowest BCUT2D eigenvalue weighted by atomic mass is 10.2. The molecule has 1 rings (SSSR count). The quantitative estimate of drug-likeness (QED) is 0.710. The maximum Gasteiger partial charge on any atom is 0.335 e. The molecule has 0 aliphatic rings. The van der Waals surface area contributed by atoms with E-state index in [1.165, 1.54) is 32.2 Å². The predicted octanol–water partition coefficient (Wildman–Crippen LogP) is 1.75. The fraction of sp³-hybridized carbons (Fsp3) is 0.167. The first-order chi connectivity index (χ1) is 8.29. The van der Waals surface area contributed by atoms with Gasteiger partial charge in [-0.1, -0.05) is 6.58 Å². The average molecular weight is 254 g/mol. The van der Waals surface area contributed by atoms with Gasteiger partial charge in [-0.15, -0.1) is 0 Å². The van der Waals surface area contributed by atoms with E-state index in [0.29, 0.717) is 0 Å². The number of hydrogen-bond donors (Lipinski definition) is 3. The molecule has 0 radical (unpaired) electrons. The molecule has 0 atom stereocenters. The van der Waals surface area contributed by atoms with Crippen LogP contribution in [0.1, 0.15) is 17.3 Å². The molecule has 0 amide bonds. The molecular weight excluding hydrogens is 240 g/mol. The molecule has 0 saturated carbocycles. The minimum absolute atomic E-state index is 0.0671. The molecule has 0 unspecified atom stereocenters. The Kier molecular flexibility index (Phi) is 5.98. The summed E-state index contributed by atoms with van der Waals surface area (Å²) in [5.41, 5.74) is 0.264. The van der Waals surface area contributed by atoms with Gasteiger partial charge in [-0.25, -0.2) is 9.59 Å². The number of aromatic hydroxyl groups is 1. The maximum atomic E-state index is 10.4. The second-order valence-corrected chi connectivity index (χ2v) is 3.28. The summed E-state index contributed by atoms with van der Waals surface area (Å²) in [7, 11) is 1.36. The number of carboxylic acids is 2. The van der Waals surface area contributed by atoms with Crippen LogP contribution in [0.3, 0.4) is 0 Å². The first-order valence-corrected chi connectivity index (χ1v) is 4.78. The highest BCUT2D eigenvalue weighted by atomic mass is 16.5. The largest absolute Gasteiger partial charge is 0.504 e. The highest BCUT2D eigenvalue weighted by Crippen LogP contribution is 2.25. The number of phenols is 1. The zero-order chi connectivity index (χ0) is 14.3. The first kappa shape index (κ1) is 15.5. The zero-order valence-electron chi connectivity index (χ0n) is 10.0.